The SMILES string of the molecule is C#CC#CC#CC#CC#CC(=O)OC[C@@H](COP(=O)([O-])[O-])OC(=O)CCCCCCCC.CC(N)=O.[HH].[HH].[HH].[HH].[HH].[HH].[HH].[HH].[HH].[Na+].[Na+]. The molecule has 1 amide bonds. The maximum Gasteiger partial charge on any atom is 1.00 e. The van der Waals surface area contributed by atoms with Crippen LogP contribution in [-0.2, 0) is 32.9 Å². The molecule has 0 saturated heterocycles. The molecule has 212 valence electrons. The number of unbranched alkanes of at least 4 members (excludes halogenated alkanes) is 5. The van der Waals surface area contributed by atoms with Crippen LogP contribution in [0.15, 0.2) is 0 Å². The van der Waals surface area contributed by atoms with E-state index in [1.165, 1.54) is 6.92 Å². The van der Waals surface area contributed by atoms with Crippen molar-refractivity contribution in [3.05, 3.63) is 0 Å². The number of hydrogen-bond acceptors (Lipinski definition) is 9. The number of rotatable bonds is 13. The van der Waals surface area contributed by atoms with Crippen molar-refractivity contribution in [3.8, 4) is 59.7 Å². The second kappa shape index (κ2) is 29.9. The number of carbonyl (C=O) groups excluding carboxylic acids is 3. The molecule has 0 spiro atoms. The van der Waals surface area contributed by atoms with Gasteiger partial charge in [0.2, 0.25) is 5.91 Å². The number of ether oxygens (including phenoxy) is 2. The maximum absolute atomic E-state index is 11.9. The van der Waals surface area contributed by atoms with Crippen LogP contribution in [0.3, 0.4) is 0 Å². The molecule has 0 unspecified atom stereocenters. The smallest absolute Gasteiger partial charge is 0.790 e. The van der Waals surface area contributed by atoms with Crippen molar-refractivity contribution in [1.29, 1.82) is 0 Å². The molecular formula is C25H46NNa2O9P. The third kappa shape index (κ3) is 38.8. The molecule has 13 heteroatoms. The minimum absolute atomic E-state index is 0. The summed E-state index contributed by atoms with van der Waals surface area (Å²) in [4.78, 5) is 54.1. The van der Waals surface area contributed by atoms with Gasteiger partial charge in [-0.3, -0.25) is 9.59 Å². The van der Waals surface area contributed by atoms with Gasteiger partial charge in [-0.05, 0) is 53.8 Å². The average molecular weight is 582 g/mol. The van der Waals surface area contributed by atoms with Crippen LogP contribution >= 0.6 is 7.82 Å². The van der Waals surface area contributed by atoms with E-state index >= 15 is 0 Å². The molecule has 0 saturated carbocycles. The van der Waals surface area contributed by atoms with E-state index < -0.39 is 39.1 Å². The molecule has 0 aliphatic rings. The summed E-state index contributed by atoms with van der Waals surface area (Å²) < 4.78 is 24.6. The molecule has 0 fully saturated rings. The van der Waals surface area contributed by atoms with Crippen LogP contribution in [0.4, 0.5) is 0 Å². The standard InChI is InChI=1S/C23H25O8P.C2H5NO.2Na.9H2/c1-3-5-7-9-11-12-14-15-17-22(24)29-19-21(20-30-32(26,27)28)31-23(25)18-16-13-10-8-6-4-2;1-2(3)4;;;;;;;;;;;/h1,21H,4,6,8,10,13,16,18-20H2,2H3,(H2,26,27,28);1H3,(H2,3,4);;;9*1H/q;;2*+1;;;;;;;;;/p-2/t21-;;;;;;;;;;;;/m0............/s1. The number of phosphoric acid groups is 1. The molecule has 2 N–H and O–H groups in total. The summed E-state index contributed by atoms with van der Waals surface area (Å²) in [6.45, 7) is 2.08. The van der Waals surface area contributed by atoms with E-state index in [1.807, 2.05) is 5.92 Å². The number of carbonyl (C=O) groups is 3. The molecule has 0 aliphatic heterocycles. The fraction of sp³-hybridized carbons (Fsp3) is 0.480. The van der Waals surface area contributed by atoms with E-state index in [0.717, 1.165) is 32.1 Å². The Morgan fingerprint density at radius 2 is 1.42 bits per heavy atom. The predicted octanol–water partition coefficient (Wildman–Crippen LogP) is -3.60. The van der Waals surface area contributed by atoms with Gasteiger partial charge in [-0.15, -0.1) is 6.42 Å². The molecule has 38 heavy (non-hydrogen) atoms. The van der Waals surface area contributed by atoms with Gasteiger partial charge in [-0.2, -0.15) is 0 Å². The zero-order valence-electron chi connectivity index (χ0n) is 22.2. The first kappa shape index (κ1) is 43.4. The minimum Gasteiger partial charge on any atom is -0.790 e. The first-order valence-electron chi connectivity index (χ1n) is 10.8. The zero-order chi connectivity index (χ0) is 27.7. The molecule has 0 heterocycles. The number of esters is 2. The van der Waals surface area contributed by atoms with E-state index in [-0.39, 0.29) is 84.3 Å². The largest absolute Gasteiger partial charge is 1.00 e. The number of nitrogens with two attached hydrogens (primary N) is 1. The predicted molar refractivity (Wildman–Crippen MR) is 146 cm³/mol. The Bertz CT molecular complexity index is 1080. The van der Waals surface area contributed by atoms with Gasteiger partial charge in [-0.25, -0.2) is 4.79 Å². The van der Waals surface area contributed by atoms with Gasteiger partial charge in [0.1, 0.15) is 6.61 Å². The second-order valence-electron chi connectivity index (χ2n) is 6.73. The Hall–Kier alpha value is -1.68. The Labute approximate surface area is 282 Å². The van der Waals surface area contributed by atoms with Gasteiger partial charge >= 0.3 is 71.1 Å². The molecule has 0 rings (SSSR count). The van der Waals surface area contributed by atoms with Crippen molar-refractivity contribution in [2.24, 2.45) is 5.73 Å². The van der Waals surface area contributed by atoms with E-state index in [0.29, 0.717) is 6.42 Å². The monoisotopic (exact) mass is 581 g/mol. The molecule has 10 nitrogen and oxygen atoms in total. The van der Waals surface area contributed by atoms with Crippen molar-refractivity contribution in [1.82, 2.24) is 0 Å². The number of hydrogen-bond donors (Lipinski definition) is 1. The van der Waals surface area contributed by atoms with Gasteiger partial charge < -0.3 is 34.1 Å². The van der Waals surface area contributed by atoms with Gasteiger partial charge in [0.05, 0.1) is 14.4 Å². The van der Waals surface area contributed by atoms with E-state index in [2.05, 4.69) is 64.5 Å². The molecule has 0 aromatic rings. The Morgan fingerprint density at radius 1 is 0.921 bits per heavy atom. The Morgan fingerprint density at radius 3 is 1.95 bits per heavy atom. The van der Waals surface area contributed by atoms with Crippen molar-refractivity contribution < 1.29 is 115 Å². The maximum atomic E-state index is 11.9. The fourth-order valence-electron chi connectivity index (χ4n) is 2.06. The van der Waals surface area contributed by atoms with Gasteiger partial charge in [0.15, 0.2) is 6.10 Å². The van der Waals surface area contributed by atoms with Crippen LogP contribution in [0.2, 0.25) is 0 Å². The summed E-state index contributed by atoms with van der Waals surface area (Å²) in [5.74, 6) is 18.2. The van der Waals surface area contributed by atoms with Crippen molar-refractivity contribution in [2.75, 3.05) is 13.2 Å². The molecule has 0 radical (unpaired) electrons. The molecular weight excluding hydrogens is 535 g/mol. The van der Waals surface area contributed by atoms with Crippen molar-refractivity contribution in [3.63, 3.8) is 0 Å². The van der Waals surface area contributed by atoms with E-state index in [1.54, 1.807) is 0 Å². The summed E-state index contributed by atoms with van der Waals surface area (Å²) in [6, 6.07) is 0. The molecule has 0 aliphatic carbocycles. The molecule has 0 aromatic carbocycles. The summed E-state index contributed by atoms with van der Waals surface area (Å²) >= 11 is 0. The third-order valence-corrected chi connectivity index (χ3v) is 3.93. The summed E-state index contributed by atoms with van der Waals surface area (Å²) in [6.07, 6.45) is 9.48. The van der Waals surface area contributed by atoms with Crippen molar-refractivity contribution in [2.45, 2.75) is 64.9 Å². The zero-order valence-corrected chi connectivity index (χ0v) is 27.1. The minimum atomic E-state index is -5.29. The van der Waals surface area contributed by atoms with Gasteiger partial charge in [0, 0.05) is 32.1 Å². The van der Waals surface area contributed by atoms with Crippen LogP contribution in [0.5, 0.6) is 0 Å². The number of phosphoric ester groups is 1. The van der Waals surface area contributed by atoms with Crippen LogP contribution < -0.4 is 74.6 Å². The Balaban J connectivity index is -0.0000000660. The summed E-state index contributed by atoms with van der Waals surface area (Å²) in [7, 11) is -5.29. The van der Waals surface area contributed by atoms with Crippen LogP contribution in [0.25, 0.3) is 0 Å². The topological polar surface area (TPSA) is 168 Å². The molecule has 1 atom stereocenters. The molecule has 0 aromatic heterocycles. The Kier molecular flexibility index (Phi) is 34.1. The van der Waals surface area contributed by atoms with Gasteiger partial charge in [-0.1, -0.05) is 39.0 Å². The third-order valence-electron chi connectivity index (χ3n) is 3.46. The first-order chi connectivity index (χ1) is 17.0. The fourth-order valence-corrected chi connectivity index (χ4v) is 2.41. The second-order valence-corrected chi connectivity index (χ2v) is 7.88. The van der Waals surface area contributed by atoms with E-state index in [4.69, 9.17) is 15.9 Å². The number of terminal acetylenes is 1. The van der Waals surface area contributed by atoms with Crippen LogP contribution in [0.1, 0.15) is 71.6 Å². The first-order valence-corrected chi connectivity index (χ1v) is 12.2. The van der Waals surface area contributed by atoms with Crippen LogP contribution in [-0.4, -0.2) is 37.2 Å². The van der Waals surface area contributed by atoms with E-state index in [9.17, 15) is 28.7 Å². The van der Waals surface area contributed by atoms with Crippen LogP contribution in [0, 0.1) is 59.7 Å². The number of amides is 1. The number of primary amides is 1. The summed E-state index contributed by atoms with van der Waals surface area (Å²) in [5.41, 5.74) is 4.47. The average Bonchev–Trinajstić information content (AvgIpc) is 2.78. The van der Waals surface area contributed by atoms with Crippen molar-refractivity contribution >= 4 is 25.7 Å². The molecule has 0 bridgehead atoms. The van der Waals surface area contributed by atoms with Gasteiger partial charge in [0.25, 0.3) is 0 Å². The summed E-state index contributed by atoms with van der Waals surface area (Å²) in [5, 5.41) is 0. The normalized spacial score (nSPS) is 9.24. The quantitative estimate of drug-likeness (QED) is 0.0577.